The Morgan fingerprint density at radius 2 is 1.90 bits per heavy atom. The van der Waals surface area contributed by atoms with Gasteiger partial charge in [0, 0.05) is 0 Å². The first-order valence-electron chi connectivity index (χ1n) is 7.10. The summed E-state index contributed by atoms with van der Waals surface area (Å²) in [5.41, 5.74) is 6.13. The van der Waals surface area contributed by atoms with Crippen molar-refractivity contribution in [2.75, 3.05) is 11.9 Å². The molecule has 2 aromatic carbocycles. The highest BCUT2D eigenvalue weighted by atomic mass is 16.5. The molecule has 2 aromatic rings. The third kappa shape index (κ3) is 2.26. The minimum atomic E-state index is -0.145. The molecule has 1 heterocycles. The van der Waals surface area contributed by atoms with E-state index in [0.29, 0.717) is 0 Å². The van der Waals surface area contributed by atoms with Gasteiger partial charge in [0.1, 0.15) is 11.4 Å². The molecule has 0 unspecified atom stereocenters. The Morgan fingerprint density at radius 1 is 1.10 bits per heavy atom. The van der Waals surface area contributed by atoms with Gasteiger partial charge in [-0.25, -0.2) is 0 Å². The molecular weight excluding hydrogens is 246 g/mol. The van der Waals surface area contributed by atoms with Crippen LogP contribution >= 0.6 is 0 Å². The molecule has 1 aliphatic rings. The van der Waals surface area contributed by atoms with E-state index in [9.17, 15) is 0 Å². The topological polar surface area (TPSA) is 21.3 Å². The van der Waals surface area contributed by atoms with E-state index in [0.717, 1.165) is 18.0 Å². The molecule has 0 radical (unpaired) electrons. The fraction of sp³-hybridized carbons (Fsp3) is 0.333. The number of hydrogen-bond donors (Lipinski definition) is 1. The normalized spacial score (nSPS) is 16.0. The van der Waals surface area contributed by atoms with Crippen molar-refractivity contribution in [1.82, 2.24) is 0 Å². The molecule has 0 atom stereocenters. The predicted octanol–water partition coefficient (Wildman–Crippen LogP) is 4.55. The van der Waals surface area contributed by atoms with Gasteiger partial charge in [-0.05, 0) is 62.1 Å². The Bertz CT molecular complexity index is 658. The van der Waals surface area contributed by atoms with E-state index in [-0.39, 0.29) is 5.60 Å². The van der Waals surface area contributed by atoms with Crippen molar-refractivity contribution in [2.45, 2.75) is 33.3 Å². The molecular formula is C18H21NO. The molecule has 2 heteroatoms. The Morgan fingerprint density at radius 3 is 2.70 bits per heavy atom. The van der Waals surface area contributed by atoms with Gasteiger partial charge < -0.3 is 10.1 Å². The summed E-state index contributed by atoms with van der Waals surface area (Å²) in [6.45, 7) is 9.36. The number of nitrogens with one attached hydrogen (secondary N) is 1. The van der Waals surface area contributed by atoms with Crippen LogP contribution in [0.2, 0.25) is 0 Å². The van der Waals surface area contributed by atoms with Crippen molar-refractivity contribution in [2.24, 2.45) is 0 Å². The molecule has 2 nitrogen and oxygen atoms in total. The van der Waals surface area contributed by atoms with Crippen LogP contribution in [0.25, 0.3) is 11.1 Å². The quantitative estimate of drug-likeness (QED) is 0.818. The Balaban J connectivity index is 2.04. The average molecular weight is 267 g/mol. The molecule has 0 aliphatic carbocycles. The van der Waals surface area contributed by atoms with Gasteiger partial charge in [-0.1, -0.05) is 24.3 Å². The number of hydrogen-bond acceptors (Lipinski definition) is 2. The summed E-state index contributed by atoms with van der Waals surface area (Å²) >= 11 is 0. The average Bonchev–Trinajstić information content (AvgIpc) is 2.40. The highest BCUT2D eigenvalue weighted by molar-refractivity contribution is 5.75. The van der Waals surface area contributed by atoms with E-state index in [1.54, 1.807) is 0 Å². The zero-order valence-electron chi connectivity index (χ0n) is 12.6. The zero-order chi connectivity index (χ0) is 14.3. The number of fused-ring (bicyclic) bond motifs is 1. The molecule has 0 aromatic heterocycles. The van der Waals surface area contributed by atoms with Gasteiger partial charge in [0.2, 0.25) is 0 Å². The summed E-state index contributed by atoms with van der Waals surface area (Å²) in [7, 11) is 0. The minimum absolute atomic E-state index is 0.145. The molecule has 0 saturated carbocycles. The second kappa shape index (κ2) is 4.55. The molecule has 0 bridgehead atoms. The number of ether oxygens (including phenoxy) is 1. The predicted molar refractivity (Wildman–Crippen MR) is 84.5 cm³/mol. The lowest BCUT2D eigenvalue weighted by Gasteiger charge is -2.33. The van der Waals surface area contributed by atoms with E-state index >= 15 is 0 Å². The van der Waals surface area contributed by atoms with Gasteiger partial charge in [0.15, 0.2) is 0 Å². The van der Waals surface area contributed by atoms with Crippen molar-refractivity contribution >= 4 is 5.69 Å². The number of benzene rings is 2. The summed E-state index contributed by atoms with van der Waals surface area (Å²) in [5, 5.41) is 3.47. The molecule has 20 heavy (non-hydrogen) atoms. The summed E-state index contributed by atoms with van der Waals surface area (Å²) in [6.07, 6.45) is 0. The molecule has 0 amide bonds. The Kier molecular flexibility index (Phi) is 2.97. The molecule has 1 N–H and O–H groups in total. The molecule has 1 aliphatic heterocycles. The maximum Gasteiger partial charge on any atom is 0.143 e. The van der Waals surface area contributed by atoms with Gasteiger partial charge in [0.25, 0.3) is 0 Å². The summed E-state index contributed by atoms with van der Waals surface area (Å²) in [4.78, 5) is 0. The van der Waals surface area contributed by atoms with Crippen LogP contribution in [-0.4, -0.2) is 12.1 Å². The van der Waals surface area contributed by atoms with Crippen LogP contribution in [0.4, 0.5) is 5.69 Å². The maximum atomic E-state index is 6.00. The van der Waals surface area contributed by atoms with Gasteiger partial charge in [-0.3, -0.25) is 0 Å². The summed E-state index contributed by atoms with van der Waals surface area (Å²) < 4.78 is 6.00. The van der Waals surface area contributed by atoms with E-state index in [4.69, 9.17) is 4.74 Å². The van der Waals surface area contributed by atoms with Crippen LogP contribution in [0.15, 0.2) is 36.4 Å². The van der Waals surface area contributed by atoms with E-state index in [2.05, 4.69) is 69.4 Å². The smallest absolute Gasteiger partial charge is 0.143 e. The molecule has 0 saturated heterocycles. The van der Waals surface area contributed by atoms with Gasteiger partial charge in [0.05, 0.1) is 12.2 Å². The van der Waals surface area contributed by atoms with Crippen molar-refractivity contribution in [3.05, 3.63) is 47.5 Å². The second-order valence-electron chi connectivity index (χ2n) is 6.17. The van der Waals surface area contributed by atoms with E-state index in [1.165, 1.54) is 22.3 Å². The van der Waals surface area contributed by atoms with Crippen LogP contribution in [0.1, 0.15) is 25.0 Å². The first-order valence-corrected chi connectivity index (χ1v) is 7.10. The number of anilines is 1. The maximum absolute atomic E-state index is 6.00. The summed E-state index contributed by atoms with van der Waals surface area (Å²) in [5.74, 6) is 0.940. The lowest BCUT2D eigenvalue weighted by Crippen LogP contribution is -2.39. The standard InChI is InChI=1S/C18H21NO/c1-12-6-5-7-15(13(12)2)14-8-9-17-16(10-14)19-11-18(3,4)20-17/h5-10,19H,11H2,1-4H3. The highest BCUT2D eigenvalue weighted by Gasteiger charge is 2.26. The van der Waals surface area contributed by atoms with Gasteiger partial charge in [-0.15, -0.1) is 0 Å². The second-order valence-corrected chi connectivity index (χ2v) is 6.17. The number of rotatable bonds is 1. The van der Waals surface area contributed by atoms with Crippen molar-refractivity contribution in [1.29, 1.82) is 0 Å². The van der Waals surface area contributed by atoms with Crippen LogP contribution < -0.4 is 10.1 Å². The minimum Gasteiger partial charge on any atom is -0.484 e. The van der Waals surface area contributed by atoms with Crippen LogP contribution in [0.5, 0.6) is 5.75 Å². The molecule has 3 rings (SSSR count). The Labute approximate surface area is 120 Å². The molecule has 0 spiro atoms. The zero-order valence-corrected chi connectivity index (χ0v) is 12.6. The largest absolute Gasteiger partial charge is 0.484 e. The molecule has 104 valence electrons. The fourth-order valence-corrected chi connectivity index (χ4v) is 2.63. The van der Waals surface area contributed by atoms with Gasteiger partial charge in [-0.2, -0.15) is 0 Å². The van der Waals surface area contributed by atoms with Crippen molar-refractivity contribution < 1.29 is 4.74 Å². The van der Waals surface area contributed by atoms with Crippen LogP contribution in [0.3, 0.4) is 0 Å². The Hall–Kier alpha value is -1.96. The first kappa shape index (κ1) is 13.0. The van der Waals surface area contributed by atoms with Crippen molar-refractivity contribution in [3.8, 4) is 16.9 Å². The highest BCUT2D eigenvalue weighted by Crippen LogP contribution is 2.37. The number of aryl methyl sites for hydroxylation is 1. The van der Waals surface area contributed by atoms with Crippen LogP contribution in [0, 0.1) is 13.8 Å². The van der Waals surface area contributed by atoms with Crippen molar-refractivity contribution in [3.63, 3.8) is 0 Å². The third-order valence-corrected chi connectivity index (χ3v) is 3.99. The third-order valence-electron chi connectivity index (χ3n) is 3.99. The molecule has 0 fully saturated rings. The van der Waals surface area contributed by atoms with Gasteiger partial charge >= 0.3 is 0 Å². The fourth-order valence-electron chi connectivity index (χ4n) is 2.63. The lowest BCUT2D eigenvalue weighted by molar-refractivity contribution is 0.116. The van der Waals surface area contributed by atoms with E-state index in [1.807, 2.05) is 0 Å². The van der Waals surface area contributed by atoms with Crippen LogP contribution in [-0.2, 0) is 0 Å². The first-order chi connectivity index (χ1) is 9.46. The SMILES string of the molecule is Cc1cccc(-c2ccc3c(c2)NCC(C)(C)O3)c1C. The lowest BCUT2D eigenvalue weighted by atomic mass is 9.96. The summed E-state index contributed by atoms with van der Waals surface area (Å²) in [6, 6.07) is 12.8. The monoisotopic (exact) mass is 267 g/mol. The van der Waals surface area contributed by atoms with E-state index < -0.39 is 0 Å².